The van der Waals surface area contributed by atoms with Gasteiger partial charge in [0.05, 0.1) is 10.6 Å². The monoisotopic (exact) mass is 339 g/mol. The molecule has 0 fully saturated rings. The van der Waals surface area contributed by atoms with Gasteiger partial charge in [0.2, 0.25) is 0 Å². The molecule has 0 radical (unpaired) electrons. The number of rotatable bonds is 4. The molecule has 3 rings (SSSR count). The minimum atomic E-state index is -0.471. The molecular weight excluding hydrogens is 326 g/mol. The fourth-order valence-electron chi connectivity index (χ4n) is 2.31. The second-order valence-electron chi connectivity index (χ2n) is 4.97. The Bertz CT molecular complexity index is 940. The molecule has 0 aliphatic carbocycles. The van der Waals surface area contributed by atoms with E-state index < -0.39 is 4.92 Å². The maximum Gasteiger partial charge on any atom is 0.269 e. The summed E-state index contributed by atoms with van der Waals surface area (Å²) >= 11 is 1.56. The van der Waals surface area contributed by atoms with Crippen molar-refractivity contribution in [3.05, 3.63) is 64.7 Å². The van der Waals surface area contributed by atoms with Crippen molar-refractivity contribution in [1.82, 2.24) is 0 Å². The number of aromatic hydroxyl groups is 1. The molecule has 0 spiro atoms. The molecule has 0 atom stereocenters. The lowest BCUT2D eigenvalue weighted by Crippen LogP contribution is -1.85. The smallest absolute Gasteiger partial charge is 0.269 e. The number of nitro groups is 1. The standard InChI is InChI=1S/C17H13N3O3S/c1-24-16-10-15(17(21)14-5-3-2-4-13(14)16)19-18-11-6-8-12(9-7-11)20(22)23/h2-10,21H,1H3. The Morgan fingerprint density at radius 2 is 1.71 bits per heavy atom. The number of hydrogen-bond acceptors (Lipinski definition) is 6. The fourth-order valence-corrected chi connectivity index (χ4v) is 2.94. The van der Waals surface area contributed by atoms with Crippen LogP contribution >= 0.6 is 11.8 Å². The zero-order valence-electron chi connectivity index (χ0n) is 12.7. The number of azo groups is 1. The molecule has 24 heavy (non-hydrogen) atoms. The third-order valence-electron chi connectivity index (χ3n) is 3.51. The highest BCUT2D eigenvalue weighted by molar-refractivity contribution is 7.98. The highest BCUT2D eigenvalue weighted by Gasteiger charge is 2.10. The summed E-state index contributed by atoms with van der Waals surface area (Å²) in [4.78, 5) is 11.2. The number of phenols is 1. The Kier molecular flexibility index (Phi) is 4.43. The van der Waals surface area contributed by atoms with Crippen molar-refractivity contribution < 1.29 is 10.0 Å². The Labute approximate surface area is 142 Å². The van der Waals surface area contributed by atoms with E-state index in [0.717, 1.165) is 10.3 Å². The quantitative estimate of drug-likeness (QED) is 0.290. The number of non-ortho nitro benzene ring substituents is 1. The molecule has 0 heterocycles. The van der Waals surface area contributed by atoms with Gasteiger partial charge in [0, 0.05) is 22.4 Å². The van der Waals surface area contributed by atoms with Gasteiger partial charge in [-0.15, -0.1) is 16.9 Å². The van der Waals surface area contributed by atoms with Gasteiger partial charge in [-0.05, 0) is 29.8 Å². The number of hydrogen-bond donors (Lipinski definition) is 1. The zero-order chi connectivity index (χ0) is 17.1. The van der Waals surface area contributed by atoms with Crippen LogP contribution in [0.2, 0.25) is 0 Å². The average molecular weight is 339 g/mol. The lowest BCUT2D eigenvalue weighted by atomic mass is 10.1. The highest BCUT2D eigenvalue weighted by atomic mass is 32.2. The summed E-state index contributed by atoms with van der Waals surface area (Å²) in [6.07, 6.45) is 1.95. The van der Waals surface area contributed by atoms with E-state index in [1.54, 1.807) is 17.8 Å². The molecular formula is C17H13N3O3S. The average Bonchev–Trinajstić information content (AvgIpc) is 2.61. The normalized spacial score (nSPS) is 11.2. The topological polar surface area (TPSA) is 88.1 Å². The second kappa shape index (κ2) is 6.67. The van der Waals surface area contributed by atoms with Crippen LogP contribution in [0.1, 0.15) is 0 Å². The van der Waals surface area contributed by atoms with Gasteiger partial charge >= 0.3 is 0 Å². The van der Waals surface area contributed by atoms with Gasteiger partial charge in [0.15, 0.2) is 5.75 Å². The zero-order valence-corrected chi connectivity index (χ0v) is 13.5. The van der Waals surface area contributed by atoms with Crippen molar-refractivity contribution in [3.63, 3.8) is 0 Å². The number of nitro benzene ring substituents is 1. The van der Waals surface area contributed by atoms with Crippen LogP contribution in [-0.2, 0) is 0 Å². The molecule has 0 saturated carbocycles. The molecule has 120 valence electrons. The lowest BCUT2D eigenvalue weighted by Gasteiger charge is -2.08. The summed E-state index contributed by atoms with van der Waals surface area (Å²) in [6, 6.07) is 15.1. The molecule has 7 heteroatoms. The SMILES string of the molecule is CSc1cc(N=Nc2ccc([N+](=O)[O-])cc2)c(O)c2ccccc12. The van der Waals surface area contributed by atoms with Gasteiger partial charge in [-0.2, -0.15) is 5.11 Å². The molecule has 1 N–H and O–H groups in total. The van der Waals surface area contributed by atoms with E-state index in [0.29, 0.717) is 16.8 Å². The van der Waals surface area contributed by atoms with E-state index in [1.165, 1.54) is 24.3 Å². The Hall–Kier alpha value is -2.93. The number of nitrogens with zero attached hydrogens (tertiary/aromatic N) is 3. The first-order valence-corrected chi connectivity index (χ1v) is 8.27. The highest BCUT2D eigenvalue weighted by Crippen LogP contribution is 2.40. The summed E-state index contributed by atoms with van der Waals surface area (Å²) in [5.41, 5.74) is 0.822. The molecule has 0 unspecified atom stereocenters. The first kappa shape index (κ1) is 15.9. The van der Waals surface area contributed by atoms with Crippen LogP contribution in [0, 0.1) is 10.1 Å². The van der Waals surface area contributed by atoms with Gasteiger partial charge in [0.25, 0.3) is 5.69 Å². The molecule has 0 bridgehead atoms. The maximum atomic E-state index is 10.6. The van der Waals surface area contributed by atoms with Crippen LogP contribution in [0.3, 0.4) is 0 Å². The van der Waals surface area contributed by atoms with Crippen LogP contribution < -0.4 is 0 Å². The first-order chi connectivity index (χ1) is 11.6. The van der Waals surface area contributed by atoms with Gasteiger partial charge in [-0.3, -0.25) is 10.1 Å². The Balaban J connectivity index is 2.00. The van der Waals surface area contributed by atoms with Crippen LogP contribution in [0.5, 0.6) is 5.75 Å². The largest absolute Gasteiger partial charge is 0.505 e. The van der Waals surface area contributed by atoms with E-state index in [1.807, 2.05) is 30.5 Å². The van der Waals surface area contributed by atoms with Crippen LogP contribution in [0.4, 0.5) is 17.1 Å². The second-order valence-corrected chi connectivity index (χ2v) is 5.81. The minimum Gasteiger partial charge on any atom is -0.505 e. The third kappa shape index (κ3) is 3.07. The van der Waals surface area contributed by atoms with Crippen LogP contribution in [-0.4, -0.2) is 16.3 Å². The number of benzene rings is 3. The molecule has 3 aromatic carbocycles. The molecule has 0 aliphatic heterocycles. The van der Waals surface area contributed by atoms with Crippen molar-refractivity contribution in [2.45, 2.75) is 4.90 Å². The van der Waals surface area contributed by atoms with Crippen molar-refractivity contribution in [1.29, 1.82) is 0 Å². The predicted molar refractivity (Wildman–Crippen MR) is 94.7 cm³/mol. The van der Waals surface area contributed by atoms with Crippen molar-refractivity contribution >= 4 is 39.6 Å². The summed E-state index contributed by atoms with van der Waals surface area (Å²) in [7, 11) is 0. The maximum absolute atomic E-state index is 10.6. The van der Waals surface area contributed by atoms with Crippen LogP contribution in [0.25, 0.3) is 10.8 Å². The van der Waals surface area contributed by atoms with Crippen molar-refractivity contribution in [3.8, 4) is 5.75 Å². The predicted octanol–water partition coefficient (Wildman–Crippen LogP) is 5.59. The Morgan fingerprint density at radius 3 is 2.33 bits per heavy atom. The summed E-state index contributed by atoms with van der Waals surface area (Å²) in [6.45, 7) is 0. The molecule has 0 amide bonds. The number of thioether (sulfide) groups is 1. The van der Waals surface area contributed by atoms with E-state index in [4.69, 9.17) is 0 Å². The lowest BCUT2D eigenvalue weighted by molar-refractivity contribution is -0.384. The number of phenolic OH excluding ortho intramolecular Hbond substituents is 1. The van der Waals surface area contributed by atoms with Gasteiger partial charge in [-0.25, -0.2) is 0 Å². The van der Waals surface area contributed by atoms with Crippen LogP contribution in [0.15, 0.2) is 69.7 Å². The number of fused-ring (bicyclic) bond motifs is 1. The van der Waals surface area contributed by atoms with E-state index in [2.05, 4.69) is 10.2 Å². The summed E-state index contributed by atoms with van der Waals surface area (Å²) in [5, 5.41) is 30.9. The van der Waals surface area contributed by atoms with Crippen molar-refractivity contribution in [2.24, 2.45) is 10.2 Å². The molecule has 0 saturated heterocycles. The molecule has 0 aliphatic rings. The Morgan fingerprint density at radius 1 is 1.04 bits per heavy atom. The van der Waals surface area contributed by atoms with Crippen molar-refractivity contribution in [2.75, 3.05) is 6.26 Å². The van der Waals surface area contributed by atoms with E-state index in [-0.39, 0.29) is 11.4 Å². The van der Waals surface area contributed by atoms with Gasteiger partial charge < -0.3 is 5.11 Å². The molecule has 6 nitrogen and oxygen atoms in total. The minimum absolute atomic E-state index is 0.00725. The summed E-state index contributed by atoms with van der Waals surface area (Å²) in [5.74, 6) is 0.0639. The van der Waals surface area contributed by atoms with Gasteiger partial charge in [0.1, 0.15) is 5.69 Å². The van der Waals surface area contributed by atoms with E-state index in [9.17, 15) is 15.2 Å². The van der Waals surface area contributed by atoms with Gasteiger partial charge in [-0.1, -0.05) is 24.3 Å². The molecule has 0 aromatic heterocycles. The fraction of sp³-hybridized carbons (Fsp3) is 0.0588. The first-order valence-electron chi connectivity index (χ1n) is 7.05. The molecule has 3 aromatic rings. The van der Waals surface area contributed by atoms with E-state index >= 15 is 0 Å². The summed E-state index contributed by atoms with van der Waals surface area (Å²) < 4.78 is 0. The third-order valence-corrected chi connectivity index (χ3v) is 4.29.